The Hall–Kier alpha value is -1.14. The predicted octanol–water partition coefficient (Wildman–Crippen LogP) is 6.84. The van der Waals surface area contributed by atoms with Crippen molar-refractivity contribution in [2.45, 2.75) is 65.7 Å². The topological polar surface area (TPSA) is 45.1 Å². The Bertz CT molecular complexity index is 719. The quantitative estimate of drug-likeness (QED) is 0.390. The first-order valence-corrected chi connectivity index (χ1v) is 10.3. The van der Waals surface area contributed by atoms with Crippen molar-refractivity contribution in [2.75, 3.05) is 6.61 Å². The molecule has 0 saturated heterocycles. The van der Waals surface area contributed by atoms with Gasteiger partial charge in [0.1, 0.15) is 11.0 Å². The van der Waals surface area contributed by atoms with Gasteiger partial charge in [-0.1, -0.05) is 44.8 Å². The normalized spacial score (nSPS) is 13.0. The molecule has 1 heterocycles. The Morgan fingerprint density at radius 2 is 1.68 bits per heavy atom. The number of nitrogens with one attached hydrogen (secondary N) is 1. The molecule has 6 heteroatoms. The van der Waals surface area contributed by atoms with E-state index in [-0.39, 0.29) is 24.6 Å². The van der Waals surface area contributed by atoms with E-state index in [2.05, 4.69) is 30.5 Å². The molecule has 0 amide bonds. The van der Waals surface area contributed by atoms with Crippen LogP contribution in [0.2, 0.25) is 5.15 Å². The van der Waals surface area contributed by atoms with E-state index in [0.29, 0.717) is 17.3 Å². The van der Waals surface area contributed by atoms with Crippen molar-refractivity contribution in [2.24, 2.45) is 0 Å². The van der Waals surface area contributed by atoms with Gasteiger partial charge in [-0.2, -0.15) is 0 Å². The third-order valence-corrected chi connectivity index (χ3v) is 5.12. The average Bonchev–Trinajstić information content (AvgIpc) is 2.61. The molecule has 2 aromatic rings. The first-order valence-electron chi connectivity index (χ1n) is 9.13. The fourth-order valence-electron chi connectivity index (χ4n) is 2.33. The smallest absolute Gasteiger partial charge is 0.130 e. The van der Waals surface area contributed by atoms with Crippen LogP contribution in [0.3, 0.4) is 0 Å². The maximum atomic E-state index is 13.2. The molecule has 0 radical (unpaired) electrons. The van der Waals surface area contributed by atoms with Gasteiger partial charge in [0.25, 0.3) is 0 Å². The molecule has 1 unspecified atom stereocenters. The zero-order valence-corrected chi connectivity index (χ0v) is 18.5. The van der Waals surface area contributed by atoms with E-state index in [9.17, 15) is 9.50 Å². The maximum Gasteiger partial charge on any atom is 0.130 e. The summed E-state index contributed by atoms with van der Waals surface area (Å²) >= 11 is 7.86. The fraction of sp³-hybridized carbons (Fsp3) is 0.500. The molecule has 1 aromatic carbocycles. The van der Waals surface area contributed by atoms with Crippen LogP contribution < -0.4 is 4.72 Å². The zero-order chi connectivity index (χ0) is 20.7. The molecule has 0 spiro atoms. The third kappa shape index (κ3) is 8.08. The second-order valence-corrected chi connectivity index (χ2v) is 9.21. The van der Waals surface area contributed by atoms with Crippen molar-refractivity contribution < 1.29 is 9.50 Å². The molecule has 1 atom stereocenters. The van der Waals surface area contributed by atoms with E-state index in [4.69, 9.17) is 11.6 Å². The molecule has 2 N–H and O–H groups in total. The van der Waals surface area contributed by atoms with Crippen molar-refractivity contribution >= 4 is 23.5 Å². The van der Waals surface area contributed by atoms with E-state index < -0.39 is 5.54 Å². The Balaban J connectivity index is 0.00000235. The van der Waals surface area contributed by atoms with Gasteiger partial charge in [0.15, 0.2) is 0 Å². The first-order chi connectivity index (χ1) is 12.6. The molecule has 2 rings (SSSR count). The van der Waals surface area contributed by atoms with Crippen LogP contribution >= 0.6 is 23.5 Å². The molecular weight excluding hydrogens is 395 g/mol. The number of pyridine rings is 1. The van der Waals surface area contributed by atoms with Gasteiger partial charge in [0.05, 0.1) is 11.2 Å². The minimum atomic E-state index is -0.478. The summed E-state index contributed by atoms with van der Waals surface area (Å²) in [7, 11) is 0. The Morgan fingerprint density at radius 3 is 2.18 bits per heavy atom. The van der Waals surface area contributed by atoms with Crippen molar-refractivity contribution in [1.82, 2.24) is 9.71 Å². The monoisotopic (exact) mass is 428 g/mol. The van der Waals surface area contributed by atoms with Crippen LogP contribution in [-0.4, -0.2) is 21.4 Å². The lowest BCUT2D eigenvalue weighted by molar-refractivity contribution is 0.239. The molecule has 158 valence electrons. The molecule has 0 aliphatic heterocycles. The number of benzene rings is 1. The van der Waals surface area contributed by atoms with Gasteiger partial charge in [-0.05, 0) is 76.1 Å². The second kappa shape index (κ2) is 11.8. The number of aliphatic hydroxyl groups excluding tert-OH is 1. The molecule has 0 bridgehead atoms. The highest BCUT2D eigenvalue weighted by Gasteiger charge is 2.29. The van der Waals surface area contributed by atoms with Crippen LogP contribution in [0.4, 0.5) is 4.39 Å². The number of hydrogen-bond acceptors (Lipinski definition) is 4. The highest BCUT2D eigenvalue weighted by molar-refractivity contribution is 7.98. The van der Waals surface area contributed by atoms with Gasteiger partial charge in [-0.3, -0.25) is 4.72 Å². The zero-order valence-electron chi connectivity index (χ0n) is 16.9. The molecule has 0 saturated carbocycles. The number of hydrogen-bond donors (Lipinski definition) is 2. The van der Waals surface area contributed by atoms with Gasteiger partial charge < -0.3 is 5.11 Å². The Labute approximate surface area is 179 Å². The van der Waals surface area contributed by atoms with Crippen LogP contribution in [0, 0.1) is 5.82 Å². The summed E-state index contributed by atoms with van der Waals surface area (Å²) in [4.78, 5) is 4.36. The lowest BCUT2D eigenvalue weighted by Crippen LogP contribution is -2.38. The first kappa shape index (κ1) is 26.9. The summed E-state index contributed by atoms with van der Waals surface area (Å²) in [6, 6.07) is 9.90. The summed E-state index contributed by atoms with van der Waals surface area (Å²) < 4.78 is 16.7. The number of aliphatic hydroxyl groups is 1. The largest absolute Gasteiger partial charge is 0.396 e. The van der Waals surface area contributed by atoms with Crippen molar-refractivity contribution in [3.8, 4) is 11.3 Å². The van der Waals surface area contributed by atoms with Gasteiger partial charge in [0.2, 0.25) is 0 Å². The maximum absolute atomic E-state index is 13.2. The fourth-order valence-corrected chi connectivity index (χ4v) is 3.29. The summed E-state index contributed by atoms with van der Waals surface area (Å²) in [5.74, 6) is -0.292. The standard InChI is InChI=1S/C19H24ClFN2OS.C2H6.CH4/c1-18(2,3)25-23-19(4,9-10-24)14-11-16(22-17(20)12-14)13-5-7-15(21)8-6-13;1-2;/h5-8,11-12,23-24H,9-10H2,1-4H3;1-2H3;1H4. The molecule has 0 aliphatic carbocycles. The number of aromatic nitrogens is 1. The van der Waals surface area contributed by atoms with Crippen molar-refractivity contribution in [3.63, 3.8) is 0 Å². The minimum Gasteiger partial charge on any atom is -0.396 e. The van der Waals surface area contributed by atoms with Crippen LogP contribution in [0.25, 0.3) is 11.3 Å². The summed E-state index contributed by atoms with van der Waals surface area (Å²) in [6.45, 7) is 12.4. The molecule has 0 aliphatic rings. The van der Waals surface area contributed by atoms with Crippen LogP contribution in [0.5, 0.6) is 0 Å². The van der Waals surface area contributed by atoms with E-state index in [1.807, 2.05) is 26.8 Å². The van der Waals surface area contributed by atoms with Crippen LogP contribution in [0.1, 0.15) is 61.0 Å². The van der Waals surface area contributed by atoms with Gasteiger partial charge in [-0.25, -0.2) is 9.37 Å². The van der Waals surface area contributed by atoms with Crippen LogP contribution in [0.15, 0.2) is 36.4 Å². The third-order valence-electron chi connectivity index (χ3n) is 3.77. The Morgan fingerprint density at radius 1 is 1.11 bits per heavy atom. The number of rotatable bonds is 6. The number of halogens is 2. The summed E-state index contributed by atoms with van der Waals surface area (Å²) in [5, 5.41) is 9.90. The number of nitrogens with zero attached hydrogens (tertiary/aromatic N) is 1. The average molecular weight is 429 g/mol. The molecule has 0 fully saturated rings. The van der Waals surface area contributed by atoms with E-state index >= 15 is 0 Å². The summed E-state index contributed by atoms with van der Waals surface area (Å²) in [6.07, 6.45) is 0.527. The second-order valence-electron chi connectivity index (χ2n) is 7.19. The van der Waals surface area contributed by atoms with Crippen LogP contribution in [-0.2, 0) is 5.54 Å². The SMILES string of the molecule is C.CC.CC(C)(C)SNC(C)(CCO)c1cc(Cl)nc(-c2ccc(F)cc2)c1. The van der Waals surface area contributed by atoms with E-state index in [1.165, 1.54) is 12.1 Å². The van der Waals surface area contributed by atoms with Gasteiger partial charge in [-0.15, -0.1) is 0 Å². The Kier molecular flexibility index (Phi) is 11.3. The molecule has 3 nitrogen and oxygen atoms in total. The highest BCUT2D eigenvalue weighted by atomic mass is 35.5. The summed E-state index contributed by atoms with van der Waals surface area (Å²) in [5.41, 5.74) is 1.92. The predicted molar refractivity (Wildman–Crippen MR) is 122 cm³/mol. The molecular formula is C22H34ClFN2OS. The molecule has 1 aromatic heterocycles. The van der Waals surface area contributed by atoms with Gasteiger partial charge in [0, 0.05) is 16.9 Å². The van der Waals surface area contributed by atoms with E-state index in [1.54, 1.807) is 30.1 Å². The van der Waals surface area contributed by atoms with Crippen molar-refractivity contribution in [3.05, 3.63) is 52.9 Å². The molecule has 28 heavy (non-hydrogen) atoms. The highest BCUT2D eigenvalue weighted by Crippen LogP contribution is 2.34. The lowest BCUT2D eigenvalue weighted by atomic mass is 9.89. The van der Waals surface area contributed by atoms with Gasteiger partial charge >= 0.3 is 0 Å². The lowest BCUT2D eigenvalue weighted by Gasteiger charge is -2.34. The van der Waals surface area contributed by atoms with Crippen molar-refractivity contribution in [1.29, 1.82) is 0 Å². The van der Waals surface area contributed by atoms with E-state index in [0.717, 1.165) is 11.1 Å². The minimum absolute atomic E-state index is 0.